The molecule has 0 radical (unpaired) electrons. The fourth-order valence-corrected chi connectivity index (χ4v) is 4.02. The Labute approximate surface area is 176 Å². The number of hydrogen-bond acceptors (Lipinski definition) is 3. The van der Waals surface area contributed by atoms with Gasteiger partial charge in [-0.3, -0.25) is 14.4 Å². The molecule has 0 spiro atoms. The van der Waals surface area contributed by atoms with Crippen LogP contribution in [0.2, 0.25) is 0 Å². The van der Waals surface area contributed by atoms with Crippen LogP contribution in [-0.2, 0) is 9.59 Å². The van der Waals surface area contributed by atoms with E-state index in [2.05, 4.69) is 0 Å². The van der Waals surface area contributed by atoms with Crippen LogP contribution in [0.25, 0.3) is 0 Å². The molecule has 2 aromatic carbocycles. The molecule has 0 aromatic heterocycles. The zero-order chi connectivity index (χ0) is 22.1. The average molecular weight is 431 g/mol. The van der Waals surface area contributed by atoms with Gasteiger partial charge in [0.25, 0.3) is 5.91 Å². The number of halogens is 3. The molecule has 0 N–H and O–H groups in total. The molecule has 2 saturated heterocycles. The number of hydrogen-bond donors (Lipinski definition) is 0. The third-order valence-corrected chi connectivity index (χ3v) is 5.65. The summed E-state index contributed by atoms with van der Waals surface area (Å²) in [6, 6.07) is 8.54. The lowest BCUT2D eigenvalue weighted by atomic mass is 10.1. The largest absolute Gasteiger partial charge is 0.338 e. The quantitative estimate of drug-likeness (QED) is 0.702. The Morgan fingerprint density at radius 2 is 1.45 bits per heavy atom. The van der Waals surface area contributed by atoms with Crippen LogP contribution in [0.15, 0.2) is 42.5 Å². The molecule has 1 unspecified atom stereocenters. The van der Waals surface area contributed by atoms with Crippen molar-refractivity contribution < 1.29 is 27.6 Å². The molecule has 0 aliphatic carbocycles. The van der Waals surface area contributed by atoms with E-state index < -0.39 is 35.2 Å². The molecule has 6 nitrogen and oxygen atoms in total. The number of rotatable bonds is 3. The summed E-state index contributed by atoms with van der Waals surface area (Å²) >= 11 is 0. The highest BCUT2D eigenvalue weighted by Crippen LogP contribution is 2.28. The fraction of sp³-hybridized carbons (Fsp3) is 0.318. The van der Waals surface area contributed by atoms with Crippen molar-refractivity contribution in [1.29, 1.82) is 0 Å². The second kappa shape index (κ2) is 8.41. The molecule has 2 aromatic rings. The molecule has 0 saturated carbocycles. The average Bonchev–Trinajstić information content (AvgIpc) is 3.14. The summed E-state index contributed by atoms with van der Waals surface area (Å²) in [5.74, 6) is -4.44. The van der Waals surface area contributed by atoms with Crippen LogP contribution in [-0.4, -0.2) is 60.2 Å². The van der Waals surface area contributed by atoms with Gasteiger partial charge in [0, 0.05) is 44.5 Å². The molecule has 31 heavy (non-hydrogen) atoms. The number of carbonyl (C=O) groups is 3. The fourth-order valence-electron chi connectivity index (χ4n) is 4.02. The van der Waals surface area contributed by atoms with Gasteiger partial charge in [-0.1, -0.05) is 12.1 Å². The van der Waals surface area contributed by atoms with Gasteiger partial charge in [-0.2, -0.15) is 0 Å². The third kappa shape index (κ3) is 4.12. The lowest BCUT2D eigenvalue weighted by Crippen LogP contribution is -2.52. The first-order valence-electron chi connectivity index (χ1n) is 9.95. The molecule has 3 amide bonds. The summed E-state index contributed by atoms with van der Waals surface area (Å²) in [6.45, 7) is 1.07. The first-order valence-corrected chi connectivity index (χ1v) is 9.95. The molecule has 2 aliphatic rings. The molecule has 162 valence electrons. The van der Waals surface area contributed by atoms with E-state index in [1.165, 1.54) is 32.9 Å². The highest BCUT2D eigenvalue weighted by Gasteiger charge is 2.40. The molecule has 1 atom stereocenters. The first-order chi connectivity index (χ1) is 14.8. The predicted molar refractivity (Wildman–Crippen MR) is 106 cm³/mol. The number of benzene rings is 2. The van der Waals surface area contributed by atoms with Crippen molar-refractivity contribution in [1.82, 2.24) is 9.80 Å². The Hall–Kier alpha value is -3.36. The van der Waals surface area contributed by atoms with Crippen LogP contribution < -0.4 is 4.90 Å². The van der Waals surface area contributed by atoms with Gasteiger partial charge < -0.3 is 14.7 Å². The predicted octanol–water partition coefficient (Wildman–Crippen LogP) is 2.44. The zero-order valence-corrected chi connectivity index (χ0v) is 16.6. The summed E-state index contributed by atoms with van der Waals surface area (Å²) in [5, 5.41) is 0. The molecular formula is C22H20F3N3O3. The van der Waals surface area contributed by atoms with Crippen LogP contribution >= 0.6 is 0 Å². The zero-order valence-electron chi connectivity index (χ0n) is 16.6. The second-order valence-corrected chi connectivity index (χ2v) is 7.56. The molecule has 2 aliphatic heterocycles. The van der Waals surface area contributed by atoms with E-state index >= 15 is 0 Å². The maximum atomic E-state index is 13.9. The van der Waals surface area contributed by atoms with Crippen molar-refractivity contribution >= 4 is 23.4 Å². The van der Waals surface area contributed by atoms with Gasteiger partial charge in [-0.15, -0.1) is 0 Å². The Balaban J connectivity index is 1.38. The van der Waals surface area contributed by atoms with E-state index in [0.29, 0.717) is 0 Å². The monoisotopic (exact) mass is 431 g/mol. The van der Waals surface area contributed by atoms with E-state index in [-0.39, 0.29) is 56.3 Å². The normalized spacial score (nSPS) is 19.1. The van der Waals surface area contributed by atoms with E-state index in [1.54, 1.807) is 6.07 Å². The topological polar surface area (TPSA) is 60.9 Å². The smallest absolute Gasteiger partial charge is 0.256 e. The number of anilines is 1. The minimum Gasteiger partial charge on any atom is -0.338 e. The van der Waals surface area contributed by atoms with Crippen LogP contribution in [0.1, 0.15) is 16.8 Å². The van der Waals surface area contributed by atoms with Gasteiger partial charge in [0.1, 0.15) is 23.4 Å². The molecule has 9 heteroatoms. The van der Waals surface area contributed by atoms with Gasteiger partial charge in [-0.25, -0.2) is 13.2 Å². The lowest BCUT2D eigenvalue weighted by molar-refractivity contribution is -0.141. The van der Waals surface area contributed by atoms with Gasteiger partial charge >= 0.3 is 0 Å². The van der Waals surface area contributed by atoms with Crippen molar-refractivity contribution in [3.8, 4) is 0 Å². The highest BCUT2D eigenvalue weighted by atomic mass is 19.1. The lowest BCUT2D eigenvalue weighted by Gasteiger charge is -2.35. The van der Waals surface area contributed by atoms with E-state index in [4.69, 9.17) is 0 Å². The maximum absolute atomic E-state index is 13.9. The van der Waals surface area contributed by atoms with Gasteiger partial charge in [0.2, 0.25) is 11.8 Å². The summed E-state index contributed by atoms with van der Waals surface area (Å²) in [7, 11) is 0. The Bertz CT molecular complexity index is 1020. The Morgan fingerprint density at radius 3 is 2.10 bits per heavy atom. The Kier molecular flexibility index (Phi) is 5.67. The molecular weight excluding hydrogens is 411 g/mol. The van der Waals surface area contributed by atoms with Crippen molar-refractivity contribution in [3.05, 3.63) is 65.5 Å². The number of piperazine rings is 1. The van der Waals surface area contributed by atoms with Crippen molar-refractivity contribution in [2.45, 2.75) is 6.42 Å². The van der Waals surface area contributed by atoms with Crippen LogP contribution in [0.5, 0.6) is 0 Å². The van der Waals surface area contributed by atoms with Crippen LogP contribution in [0.3, 0.4) is 0 Å². The first kappa shape index (κ1) is 20.9. The minimum atomic E-state index is -0.930. The molecule has 0 bridgehead atoms. The van der Waals surface area contributed by atoms with E-state index in [9.17, 15) is 27.6 Å². The van der Waals surface area contributed by atoms with E-state index in [1.807, 2.05) is 0 Å². The van der Waals surface area contributed by atoms with Gasteiger partial charge in [0.05, 0.1) is 5.56 Å². The van der Waals surface area contributed by atoms with Crippen molar-refractivity contribution in [2.75, 3.05) is 37.6 Å². The molecule has 2 heterocycles. The molecule has 2 fully saturated rings. The SMILES string of the molecule is O=C(c1ccccc1F)N1CCN(C(=O)C2CCN(c3cc(F)cc(F)c3)C2=O)CC1. The summed E-state index contributed by atoms with van der Waals surface area (Å²) in [4.78, 5) is 42.3. The second-order valence-electron chi connectivity index (χ2n) is 7.56. The standard InChI is InChI=1S/C22H20F3N3O3/c23-14-11-15(24)13-16(12-14)28-6-5-18(22(28)31)21(30)27-9-7-26(8-10-27)20(29)17-3-1-2-4-19(17)25/h1-4,11-13,18H,5-10H2. The summed E-state index contributed by atoms with van der Waals surface area (Å²) in [5.41, 5.74) is 0.0596. The third-order valence-electron chi connectivity index (χ3n) is 5.65. The van der Waals surface area contributed by atoms with Crippen molar-refractivity contribution in [2.24, 2.45) is 5.92 Å². The Morgan fingerprint density at radius 1 is 0.839 bits per heavy atom. The van der Waals surface area contributed by atoms with Gasteiger partial charge in [-0.05, 0) is 30.7 Å². The maximum Gasteiger partial charge on any atom is 0.256 e. The molecule has 4 rings (SSSR count). The summed E-state index contributed by atoms with van der Waals surface area (Å²) < 4.78 is 40.9. The van der Waals surface area contributed by atoms with Crippen LogP contribution in [0.4, 0.5) is 18.9 Å². The number of carbonyl (C=O) groups excluding carboxylic acids is 3. The minimum absolute atomic E-state index is 0.0220. The number of nitrogens with zero attached hydrogens (tertiary/aromatic N) is 3. The van der Waals surface area contributed by atoms with Crippen molar-refractivity contribution in [3.63, 3.8) is 0 Å². The highest BCUT2D eigenvalue weighted by molar-refractivity contribution is 6.09. The van der Waals surface area contributed by atoms with Crippen LogP contribution in [0, 0.1) is 23.4 Å². The summed E-state index contributed by atoms with van der Waals surface area (Å²) in [6.07, 6.45) is 0.240. The van der Waals surface area contributed by atoms with E-state index in [0.717, 1.165) is 18.2 Å². The number of amides is 3. The van der Waals surface area contributed by atoms with Gasteiger partial charge in [0.15, 0.2) is 0 Å².